The Morgan fingerprint density at radius 3 is 2.50 bits per heavy atom. The van der Waals surface area contributed by atoms with Gasteiger partial charge < -0.3 is 5.32 Å². The average Bonchev–Trinajstić information content (AvgIpc) is 2.39. The molecule has 1 aliphatic carbocycles. The predicted octanol–water partition coefficient (Wildman–Crippen LogP) is 5.15. The maximum Gasteiger partial charge on any atom is 0.146 e. The zero-order valence-electron chi connectivity index (χ0n) is 11.4. The van der Waals surface area contributed by atoms with Gasteiger partial charge in [-0.1, -0.05) is 29.8 Å². The molecule has 2 aromatic rings. The van der Waals surface area contributed by atoms with Gasteiger partial charge >= 0.3 is 0 Å². The van der Waals surface area contributed by atoms with E-state index < -0.39 is 0 Å². The van der Waals surface area contributed by atoms with Crippen LogP contribution in [0, 0.1) is 12.7 Å². The van der Waals surface area contributed by atoms with E-state index in [-0.39, 0.29) is 5.82 Å². The van der Waals surface area contributed by atoms with Crippen LogP contribution < -0.4 is 5.32 Å². The first-order chi connectivity index (χ1) is 9.61. The molecule has 20 heavy (non-hydrogen) atoms. The molecule has 0 bridgehead atoms. The maximum atomic E-state index is 13.7. The van der Waals surface area contributed by atoms with Gasteiger partial charge in [0.05, 0.1) is 5.69 Å². The van der Waals surface area contributed by atoms with Crippen molar-refractivity contribution in [2.75, 3.05) is 5.32 Å². The van der Waals surface area contributed by atoms with E-state index in [4.69, 9.17) is 11.6 Å². The first kappa shape index (κ1) is 13.4. The van der Waals surface area contributed by atoms with E-state index in [0.717, 1.165) is 23.4 Å². The molecule has 1 nitrogen and oxygen atoms in total. The van der Waals surface area contributed by atoms with Crippen molar-refractivity contribution in [3.8, 4) is 0 Å². The highest BCUT2D eigenvalue weighted by molar-refractivity contribution is 6.30. The average molecular weight is 290 g/mol. The van der Waals surface area contributed by atoms with Crippen LogP contribution in [0.4, 0.5) is 10.1 Å². The number of aryl methyl sites for hydroxylation is 1. The third-order valence-corrected chi connectivity index (χ3v) is 4.21. The van der Waals surface area contributed by atoms with Crippen LogP contribution in [0.3, 0.4) is 0 Å². The van der Waals surface area contributed by atoms with Crippen molar-refractivity contribution in [2.24, 2.45) is 0 Å². The van der Waals surface area contributed by atoms with Crippen molar-refractivity contribution >= 4 is 17.3 Å². The summed E-state index contributed by atoms with van der Waals surface area (Å²) in [5.74, 6) is 0.378. The Morgan fingerprint density at radius 1 is 1.10 bits per heavy atom. The molecule has 1 aliphatic rings. The van der Waals surface area contributed by atoms with Gasteiger partial charge in [-0.2, -0.15) is 0 Å². The number of anilines is 1. The molecule has 0 radical (unpaired) electrons. The zero-order chi connectivity index (χ0) is 14.1. The highest BCUT2D eigenvalue weighted by atomic mass is 35.5. The highest BCUT2D eigenvalue weighted by Crippen LogP contribution is 2.39. The molecular weight excluding hydrogens is 273 g/mol. The summed E-state index contributed by atoms with van der Waals surface area (Å²) in [5.41, 5.74) is 3.00. The molecule has 1 saturated carbocycles. The number of benzene rings is 2. The molecule has 0 saturated heterocycles. The highest BCUT2D eigenvalue weighted by Gasteiger charge is 2.30. The van der Waals surface area contributed by atoms with Crippen LogP contribution >= 0.6 is 11.6 Å². The number of halogens is 2. The van der Waals surface area contributed by atoms with Gasteiger partial charge in [0.25, 0.3) is 0 Å². The van der Waals surface area contributed by atoms with E-state index >= 15 is 0 Å². The van der Waals surface area contributed by atoms with Crippen LogP contribution in [0.15, 0.2) is 42.5 Å². The molecule has 3 rings (SSSR count). The second kappa shape index (κ2) is 5.45. The fraction of sp³-hybridized carbons (Fsp3) is 0.294. The maximum absolute atomic E-state index is 13.7. The van der Waals surface area contributed by atoms with Crippen LogP contribution in [0.1, 0.15) is 29.9 Å². The third-order valence-electron chi connectivity index (χ3n) is 3.96. The fourth-order valence-corrected chi connectivity index (χ4v) is 2.84. The summed E-state index contributed by atoms with van der Waals surface area (Å²) in [4.78, 5) is 0. The Morgan fingerprint density at radius 2 is 1.80 bits per heavy atom. The van der Waals surface area contributed by atoms with E-state index in [1.807, 2.05) is 25.1 Å². The molecule has 2 aromatic carbocycles. The SMILES string of the molecule is Cc1ccc(F)c(NC2CC(c3ccc(Cl)cc3)C2)c1. The number of nitrogens with one attached hydrogen (secondary N) is 1. The van der Waals surface area contributed by atoms with Gasteiger partial charge in [-0.05, 0) is 61.1 Å². The normalized spacial score (nSPS) is 21.4. The molecule has 1 fully saturated rings. The van der Waals surface area contributed by atoms with Crippen LogP contribution in [0.2, 0.25) is 5.02 Å². The molecule has 0 amide bonds. The molecule has 0 heterocycles. The predicted molar refractivity (Wildman–Crippen MR) is 82.0 cm³/mol. The van der Waals surface area contributed by atoms with E-state index in [1.54, 1.807) is 6.07 Å². The monoisotopic (exact) mass is 289 g/mol. The summed E-state index contributed by atoms with van der Waals surface area (Å²) in [6.07, 6.45) is 2.07. The van der Waals surface area contributed by atoms with Gasteiger partial charge in [-0.15, -0.1) is 0 Å². The Bertz CT molecular complexity index is 603. The van der Waals surface area contributed by atoms with E-state index in [1.165, 1.54) is 11.6 Å². The summed E-state index contributed by atoms with van der Waals surface area (Å²) in [6, 6.07) is 13.5. The minimum Gasteiger partial charge on any atom is -0.380 e. The standard InChI is InChI=1S/C17H17ClFN/c1-11-2-7-16(19)17(8-11)20-15-9-13(10-15)12-3-5-14(18)6-4-12/h2-8,13,15,20H,9-10H2,1H3. The topological polar surface area (TPSA) is 12.0 Å². The van der Waals surface area contributed by atoms with Crippen molar-refractivity contribution in [2.45, 2.75) is 31.7 Å². The molecule has 1 N–H and O–H groups in total. The van der Waals surface area contributed by atoms with Gasteiger partial charge in [0.1, 0.15) is 5.82 Å². The van der Waals surface area contributed by atoms with Crippen LogP contribution in [0.25, 0.3) is 0 Å². The van der Waals surface area contributed by atoms with Gasteiger partial charge in [-0.25, -0.2) is 4.39 Å². The molecule has 3 heteroatoms. The molecular formula is C17H17ClFN. The van der Waals surface area contributed by atoms with Crippen LogP contribution in [-0.4, -0.2) is 6.04 Å². The lowest BCUT2D eigenvalue weighted by Crippen LogP contribution is -2.34. The first-order valence-electron chi connectivity index (χ1n) is 6.90. The van der Waals surface area contributed by atoms with E-state index in [2.05, 4.69) is 17.4 Å². The second-order valence-electron chi connectivity index (χ2n) is 5.54. The fourth-order valence-electron chi connectivity index (χ4n) is 2.71. The number of hydrogen-bond donors (Lipinski definition) is 1. The summed E-state index contributed by atoms with van der Waals surface area (Å²) >= 11 is 5.89. The largest absolute Gasteiger partial charge is 0.380 e. The van der Waals surface area contributed by atoms with Crippen molar-refractivity contribution in [3.63, 3.8) is 0 Å². The molecule has 104 valence electrons. The summed E-state index contributed by atoms with van der Waals surface area (Å²) in [7, 11) is 0. The summed E-state index contributed by atoms with van der Waals surface area (Å²) < 4.78 is 13.7. The smallest absolute Gasteiger partial charge is 0.146 e. The second-order valence-corrected chi connectivity index (χ2v) is 5.98. The Kier molecular flexibility index (Phi) is 3.66. The quantitative estimate of drug-likeness (QED) is 0.824. The molecule has 0 aliphatic heterocycles. The molecule has 0 aromatic heterocycles. The Labute approximate surface area is 123 Å². The van der Waals surface area contributed by atoms with Crippen molar-refractivity contribution in [3.05, 3.63) is 64.4 Å². The molecule has 0 atom stereocenters. The Balaban J connectivity index is 1.60. The minimum absolute atomic E-state index is 0.175. The van der Waals surface area contributed by atoms with Crippen molar-refractivity contribution in [1.29, 1.82) is 0 Å². The number of hydrogen-bond acceptors (Lipinski definition) is 1. The first-order valence-corrected chi connectivity index (χ1v) is 7.28. The van der Waals surface area contributed by atoms with Gasteiger partial charge in [-0.3, -0.25) is 0 Å². The van der Waals surface area contributed by atoms with Crippen molar-refractivity contribution in [1.82, 2.24) is 0 Å². The lowest BCUT2D eigenvalue weighted by molar-refractivity contribution is 0.373. The number of rotatable bonds is 3. The van der Waals surface area contributed by atoms with E-state index in [0.29, 0.717) is 17.6 Å². The van der Waals surface area contributed by atoms with Crippen molar-refractivity contribution < 1.29 is 4.39 Å². The lowest BCUT2D eigenvalue weighted by Gasteiger charge is -2.37. The Hall–Kier alpha value is -1.54. The minimum atomic E-state index is -0.175. The van der Waals surface area contributed by atoms with Crippen LogP contribution in [0.5, 0.6) is 0 Å². The zero-order valence-corrected chi connectivity index (χ0v) is 12.1. The molecule has 0 spiro atoms. The van der Waals surface area contributed by atoms with Gasteiger partial charge in [0, 0.05) is 11.1 Å². The summed E-state index contributed by atoms with van der Waals surface area (Å²) in [6.45, 7) is 1.97. The molecule has 0 unspecified atom stereocenters. The lowest BCUT2D eigenvalue weighted by atomic mass is 9.76. The summed E-state index contributed by atoms with van der Waals surface area (Å²) in [5, 5.41) is 4.07. The van der Waals surface area contributed by atoms with Crippen LogP contribution in [-0.2, 0) is 0 Å². The van der Waals surface area contributed by atoms with E-state index in [9.17, 15) is 4.39 Å². The third kappa shape index (κ3) is 2.80. The van der Waals surface area contributed by atoms with Gasteiger partial charge in [0.15, 0.2) is 0 Å². The van der Waals surface area contributed by atoms with Gasteiger partial charge in [0.2, 0.25) is 0 Å².